The maximum atomic E-state index is 12.0. The average Bonchev–Trinajstić information content (AvgIpc) is 3.30. The third-order valence-electron chi connectivity index (χ3n) is 3.48. The second kappa shape index (κ2) is 9.08. The first kappa shape index (κ1) is 20.2. The molecule has 0 saturated heterocycles. The van der Waals surface area contributed by atoms with Crippen molar-refractivity contribution in [1.29, 1.82) is 0 Å². The van der Waals surface area contributed by atoms with Crippen LogP contribution in [0.3, 0.4) is 0 Å². The number of nitrogens with zero attached hydrogens (tertiary/aromatic N) is 4. The van der Waals surface area contributed by atoms with E-state index in [-0.39, 0.29) is 21.8 Å². The van der Waals surface area contributed by atoms with E-state index in [0.717, 1.165) is 23.2 Å². The van der Waals surface area contributed by atoms with Crippen LogP contribution >= 0.6 is 34.4 Å². The number of amides is 1. The van der Waals surface area contributed by atoms with Crippen LogP contribution in [-0.2, 0) is 4.79 Å². The van der Waals surface area contributed by atoms with E-state index in [4.69, 9.17) is 0 Å². The summed E-state index contributed by atoms with van der Waals surface area (Å²) in [5.74, 6) is 0.258. The van der Waals surface area contributed by atoms with E-state index in [1.54, 1.807) is 0 Å². The Morgan fingerprint density at radius 1 is 1.21 bits per heavy atom. The molecule has 0 fully saturated rings. The topological polar surface area (TPSA) is 123 Å². The van der Waals surface area contributed by atoms with E-state index < -0.39 is 4.92 Å². The molecule has 0 aliphatic carbocycles. The molecule has 146 valence electrons. The van der Waals surface area contributed by atoms with Crippen LogP contribution in [0.5, 0.6) is 0 Å². The first-order chi connectivity index (χ1) is 13.4. The molecule has 0 saturated carbocycles. The summed E-state index contributed by atoms with van der Waals surface area (Å²) in [5, 5.41) is 25.2. The first-order valence-electron chi connectivity index (χ1n) is 8.14. The van der Waals surface area contributed by atoms with Crippen molar-refractivity contribution in [3.63, 3.8) is 0 Å². The zero-order valence-electron chi connectivity index (χ0n) is 14.9. The van der Waals surface area contributed by atoms with Crippen LogP contribution in [0.4, 0.5) is 21.0 Å². The minimum Gasteiger partial charge on any atom is -0.330 e. The molecule has 0 bridgehead atoms. The largest absolute Gasteiger partial charge is 0.345 e. The number of rotatable bonds is 8. The van der Waals surface area contributed by atoms with Gasteiger partial charge in [-0.15, -0.1) is 10.2 Å². The summed E-state index contributed by atoms with van der Waals surface area (Å²) in [7, 11) is 0. The fourth-order valence-corrected chi connectivity index (χ4v) is 4.30. The molecule has 2 N–H and O–H groups in total. The third kappa shape index (κ3) is 5.47. The molecule has 2 aromatic heterocycles. The number of benzene rings is 1. The highest BCUT2D eigenvalue weighted by Gasteiger charge is 2.14. The second-order valence-electron chi connectivity index (χ2n) is 5.87. The van der Waals surface area contributed by atoms with Gasteiger partial charge in [0.2, 0.25) is 11.0 Å². The van der Waals surface area contributed by atoms with E-state index in [9.17, 15) is 14.9 Å². The number of carbonyl (C=O) groups excluding carboxylic acids is 1. The van der Waals surface area contributed by atoms with E-state index in [1.165, 1.54) is 28.7 Å². The predicted molar refractivity (Wildman–Crippen MR) is 112 cm³/mol. The van der Waals surface area contributed by atoms with Crippen molar-refractivity contribution in [2.24, 2.45) is 0 Å². The van der Waals surface area contributed by atoms with Gasteiger partial charge in [-0.2, -0.15) is 0 Å². The molecule has 3 aromatic rings. The molecular formula is C16H16N6O3S3. The quantitative estimate of drug-likeness (QED) is 0.300. The second-order valence-corrected chi connectivity index (χ2v) is 9.08. The summed E-state index contributed by atoms with van der Waals surface area (Å²) in [6.07, 6.45) is 1.11. The van der Waals surface area contributed by atoms with Gasteiger partial charge in [-0.1, -0.05) is 49.1 Å². The lowest BCUT2D eigenvalue weighted by Gasteiger charge is -2.06. The number of carbonyl (C=O) groups is 1. The number of hydrogen-bond acceptors (Lipinski definition) is 10. The van der Waals surface area contributed by atoms with Gasteiger partial charge in [0, 0.05) is 5.69 Å². The summed E-state index contributed by atoms with van der Waals surface area (Å²) in [5.41, 5.74) is 2.18. The molecule has 2 heterocycles. The normalized spacial score (nSPS) is 10.8. The van der Waals surface area contributed by atoms with Crippen molar-refractivity contribution in [1.82, 2.24) is 15.2 Å². The number of anilines is 3. The molecule has 1 amide bonds. The molecule has 3 rings (SSSR count). The van der Waals surface area contributed by atoms with Crippen LogP contribution in [0.2, 0.25) is 0 Å². The lowest BCUT2D eigenvalue weighted by Crippen LogP contribution is -2.13. The number of aromatic nitrogens is 3. The molecule has 0 atom stereocenters. The lowest BCUT2D eigenvalue weighted by atomic mass is 10.0. The Labute approximate surface area is 172 Å². The first-order valence-corrected chi connectivity index (χ1v) is 10.8. The van der Waals surface area contributed by atoms with Crippen molar-refractivity contribution in [2.75, 3.05) is 16.4 Å². The van der Waals surface area contributed by atoms with Crippen molar-refractivity contribution in [2.45, 2.75) is 24.1 Å². The Balaban J connectivity index is 1.49. The number of thioether (sulfide) groups is 1. The van der Waals surface area contributed by atoms with Crippen LogP contribution in [0, 0.1) is 10.1 Å². The zero-order chi connectivity index (χ0) is 20.1. The maximum absolute atomic E-state index is 12.0. The molecule has 0 radical (unpaired) electrons. The van der Waals surface area contributed by atoms with Gasteiger partial charge in [0.05, 0.1) is 10.7 Å². The zero-order valence-corrected chi connectivity index (χ0v) is 17.4. The Morgan fingerprint density at radius 2 is 1.96 bits per heavy atom. The van der Waals surface area contributed by atoms with Gasteiger partial charge in [0.1, 0.15) is 6.20 Å². The summed E-state index contributed by atoms with van der Waals surface area (Å²) in [4.78, 5) is 25.8. The van der Waals surface area contributed by atoms with Gasteiger partial charge < -0.3 is 10.6 Å². The molecule has 28 heavy (non-hydrogen) atoms. The standard InChI is InChI=1S/C16H16N6O3S3/c1-9(2)10-3-5-11(6-4-10)18-15-20-21-16(28-15)26-8-12(23)19-14-17-7-13(27-14)22(24)25/h3-7,9H,8H2,1-2H3,(H,18,20)(H,17,19,23). The Hall–Kier alpha value is -2.57. The molecule has 0 aliphatic rings. The summed E-state index contributed by atoms with van der Waals surface area (Å²) < 4.78 is 0.640. The van der Waals surface area contributed by atoms with E-state index in [2.05, 4.69) is 51.8 Å². The molecule has 0 unspecified atom stereocenters. The fourth-order valence-electron chi connectivity index (χ4n) is 2.08. The number of hydrogen-bond donors (Lipinski definition) is 2. The highest BCUT2D eigenvalue weighted by molar-refractivity contribution is 8.01. The number of nitro groups is 1. The van der Waals surface area contributed by atoms with Gasteiger partial charge in [-0.3, -0.25) is 14.9 Å². The summed E-state index contributed by atoms with van der Waals surface area (Å²) in [6, 6.07) is 8.11. The number of nitrogens with one attached hydrogen (secondary N) is 2. The van der Waals surface area contributed by atoms with E-state index in [0.29, 0.717) is 15.4 Å². The highest BCUT2D eigenvalue weighted by Crippen LogP contribution is 2.29. The summed E-state index contributed by atoms with van der Waals surface area (Å²) >= 11 is 3.39. The monoisotopic (exact) mass is 436 g/mol. The molecule has 12 heteroatoms. The minimum atomic E-state index is -0.547. The van der Waals surface area contributed by atoms with Gasteiger partial charge in [0.25, 0.3) is 0 Å². The highest BCUT2D eigenvalue weighted by atomic mass is 32.2. The molecule has 1 aromatic carbocycles. The number of thiazole rings is 1. The average molecular weight is 437 g/mol. The molecule has 0 spiro atoms. The maximum Gasteiger partial charge on any atom is 0.345 e. The van der Waals surface area contributed by atoms with Gasteiger partial charge in [-0.05, 0) is 35.0 Å². The fraction of sp³-hybridized carbons (Fsp3) is 0.250. The van der Waals surface area contributed by atoms with Crippen molar-refractivity contribution >= 4 is 61.3 Å². The van der Waals surface area contributed by atoms with Crippen molar-refractivity contribution in [3.05, 3.63) is 46.1 Å². The molecule has 0 aliphatic heterocycles. The SMILES string of the molecule is CC(C)c1ccc(Nc2nnc(SCC(=O)Nc3ncc([N+](=O)[O-])s3)s2)cc1. The Bertz CT molecular complexity index is 970. The van der Waals surface area contributed by atoms with Crippen molar-refractivity contribution in [3.8, 4) is 0 Å². The smallest absolute Gasteiger partial charge is 0.330 e. The van der Waals surface area contributed by atoms with E-state index in [1.807, 2.05) is 12.1 Å². The van der Waals surface area contributed by atoms with Gasteiger partial charge >= 0.3 is 5.00 Å². The molecular weight excluding hydrogens is 420 g/mol. The van der Waals surface area contributed by atoms with Crippen LogP contribution in [-0.4, -0.2) is 31.8 Å². The summed E-state index contributed by atoms with van der Waals surface area (Å²) in [6.45, 7) is 4.28. The molecule has 9 nitrogen and oxygen atoms in total. The predicted octanol–water partition coefficient (Wildman–Crippen LogP) is 4.50. The minimum absolute atomic E-state index is 0.102. The third-order valence-corrected chi connectivity index (χ3v) is 6.32. The van der Waals surface area contributed by atoms with Gasteiger partial charge in [-0.25, -0.2) is 4.98 Å². The van der Waals surface area contributed by atoms with Crippen LogP contribution < -0.4 is 10.6 Å². The van der Waals surface area contributed by atoms with Crippen LogP contribution in [0.1, 0.15) is 25.3 Å². The Kier molecular flexibility index (Phi) is 6.54. The van der Waals surface area contributed by atoms with Crippen LogP contribution in [0.15, 0.2) is 34.8 Å². The van der Waals surface area contributed by atoms with Gasteiger partial charge in [0.15, 0.2) is 9.47 Å². The van der Waals surface area contributed by atoms with Crippen molar-refractivity contribution < 1.29 is 9.72 Å². The Morgan fingerprint density at radius 3 is 2.61 bits per heavy atom. The van der Waals surface area contributed by atoms with Crippen LogP contribution in [0.25, 0.3) is 0 Å². The van der Waals surface area contributed by atoms with E-state index >= 15 is 0 Å². The lowest BCUT2D eigenvalue weighted by molar-refractivity contribution is -0.380.